The van der Waals surface area contributed by atoms with Gasteiger partial charge in [-0.1, -0.05) is 6.92 Å². The molecule has 1 aliphatic heterocycles. The molecule has 1 aromatic carbocycles. The number of hydrogen-bond acceptors (Lipinski definition) is 3. The lowest BCUT2D eigenvalue weighted by Gasteiger charge is -2.34. The van der Waals surface area contributed by atoms with Gasteiger partial charge >= 0.3 is 18.2 Å². The van der Waals surface area contributed by atoms with Crippen LogP contribution < -0.4 is 5.32 Å². The summed E-state index contributed by atoms with van der Waals surface area (Å²) in [7, 11) is 0. The number of amides is 2. The van der Waals surface area contributed by atoms with Crippen LogP contribution >= 0.6 is 0 Å². The minimum Gasteiger partial charge on any atom is -0.481 e. The Morgan fingerprint density at radius 2 is 2.04 bits per heavy atom. The zero-order valence-electron chi connectivity index (χ0n) is 15.0. The van der Waals surface area contributed by atoms with E-state index in [9.17, 15) is 27.9 Å². The van der Waals surface area contributed by atoms with Crippen molar-refractivity contribution in [2.75, 3.05) is 18.4 Å². The van der Waals surface area contributed by atoms with Crippen molar-refractivity contribution in [3.8, 4) is 5.69 Å². The largest absolute Gasteiger partial charge is 0.481 e. The van der Waals surface area contributed by atoms with Crippen molar-refractivity contribution in [1.29, 1.82) is 0 Å². The number of halogens is 3. The van der Waals surface area contributed by atoms with Crippen LogP contribution in [0.15, 0.2) is 36.7 Å². The SMILES string of the molecule is CC1CC(C(=O)O)CN(C(=O)Nc2cc(C(F)(F)F)ccc2-n2cccn2)C1. The number of hydrogen-bond donors (Lipinski definition) is 2. The van der Waals surface area contributed by atoms with Crippen molar-refractivity contribution in [2.45, 2.75) is 19.5 Å². The van der Waals surface area contributed by atoms with Crippen molar-refractivity contribution < 1.29 is 27.9 Å². The Morgan fingerprint density at radius 3 is 2.64 bits per heavy atom. The molecular formula is C18H19F3N4O3. The van der Waals surface area contributed by atoms with Crippen molar-refractivity contribution in [3.63, 3.8) is 0 Å². The number of anilines is 1. The molecule has 2 aromatic rings. The Balaban J connectivity index is 1.89. The van der Waals surface area contributed by atoms with Crippen LogP contribution in [0.4, 0.5) is 23.7 Å². The first kappa shape index (κ1) is 19.7. The monoisotopic (exact) mass is 396 g/mol. The molecule has 2 N–H and O–H groups in total. The summed E-state index contributed by atoms with van der Waals surface area (Å²) in [6.07, 6.45) is -1.12. The third-order valence-electron chi connectivity index (χ3n) is 4.61. The molecule has 28 heavy (non-hydrogen) atoms. The minimum absolute atomic E-state index is 0.00156. The molecule has 1 fully saturated rings. The summed E-state index contributed by atoms with van der Waals surface area (Å²) in [5.74, 6) is -1.74. The van der Waals surface area contributed by atoms with E-state index in [4.69, 9.17) is 0 Å². The normalized spacial score (nSPS) is 20.1. The molecule has 2 heterocycles. The number of piperidine rings is 1. The summed E-state index contributed by atoms with van der Waals surface area (Å²) in [6.45, 7) is 2.15. The number of likely N-dealkylation sites (tertiary alicyclic amines) is 1. The molecule has 2 atom stereocenters. The van der Waals surface area contributed by atoms with E-state index in [2.05, 4.69) is 10.4 Å². The van der Waals surface area contributed by atoms with Crippen molar-refractivity contribution in [2.24, 2.45) is 11.8 Å². The quantitative estimate of drug-likeness (QED) is 0.832. The van der Waals surface area contributed by atoms with Gasteiger partial charge in [0.25, 0.3) is 0 Å². The first-order valence-corrected chi connectivity index (χ1v) is 8.65. The lowest BCUT2D eigenvalue weighted by Crippen LogP contribution is -2.47. The summed E-state index contributed by atoms with van der Waals surface area (Å²) in [4.78, 5) is 25.3. The van der Waals surface area contributed by atoms with Gasteiger partial charge in [-0.05, 0) is 36.6 Å². The molecule has 3 rings (SSSR count). The Hall–Kier alpha value is -3.04. The minimum atomic E-state index is -4.57. The van der Waals surface area contributed by atoms with Crippen LogP contribution in [-0.2, 0) is 11.0 Å². The number of carbonyl (C=O) groups is 2. The van der Waals surface area contributed by atoms with Crippen LogP contribution in [0.5, 0.6) is 0 Å². The molecule has 10 heteroatoms. The first-order chi connectivity index (χ1) is 13.1. The van der Waals surface area contributed by atoms with E-state index in [-0.39, 0.29) is 23.8 Å². The van der Waals surface area contributed by atoms with E-state index in [1.54, 1.807) is 12.3 Å². The third kappa shape index (κ3) is 4.26. The highest BCUT2D eigenvalue weighted by Gasteiger charge is 2.34. The zero-order chi connectivity index (χ0) is 20.5. The van der Waals surface area contributed by atoms with Gasteiger partial charge < -0.3 is 15.3 Å². The lowest BCUT2D eigenvalue weighted by molar-refractivity contribution is -0.143. The van der Waals surface area contributed by atoms with Crippen molar-refractivity contribution in [1.82, 2.24) is 14.7 Å². The van der Waals surface area contributed by atoms with E-state index in [0.29, 0.717) is 13.0 Å². The number of nitrogens with zero attached hydrogens (tertiary/aromatic N) is 3. The third-order valence-corrected chi connectivity index (χ3v) is 4.61. The Labute approximate surface area is 158 Å². The summed E-state index contributed by atoms with van der Waals surface area (Å²) in [5, 5.41) is 15.7. The second kappa shape index (κ2) is 7.53. The van der Waals surface area contributed by atoms with Crippen LogP contribution in [-0.4, -0.2) is 44.9 Å². The molecule has 0 radical (unpaired) electrons. The highest BCUT2D eigenvalue weighted by Crippen LogP contribution is 2.33. The van der Waals surface area contributed by atoms with Gasteiger partial charge in [0.15, 0.2) is 0 Å². The molecule has 0 aliphatic carbocycles. The highest BCUT2D eigenvalue weighted by molar-refractivity contribution is 5.92. The Kier molecular flexibility index (Phi) is 5.30. The fourth-order valence-corrected chi connectivity index (χ4v) is 3.31. The number of benzene rings is 1. The Bertz CT molecular complexity index is 867. The second-order valence-electron chi connectivity index (χ2n) is 6.89. The van der Waals surface area contributed by atoms with E-state index >= 15 is 0 Å². The molecule has 1 aromatic heterocycles. The van der Waals surface area contributed by atoms with Gasteiger partial charge in [-0.25, -0.2) is 9.48 Å². The standard InChI is InChI=1S/C18H19F3N4O3/c1-11-7-12(16(26)27)10-24(9-11)17(28)23-14-8-13(18(19,20)21)3-4-15(14)25-6-2-5-22-25/h2-6,8,11-12H,7,9-10H2,1H3,(H,23,28)(H,26,27). The average Bonchev–Trinajstić information content (AvgIpc) is 3.14. The fourth-order valence-electron chi connectivity index (χ4n) is 3.31. The van der Waals surface area contributed by atoms with Crippen molar-refractivity contribution >= 4 is 17.7 Å². The molecule has 0 bridgehead atoms. The number of carboxylic acids is 1. The number of alkyl halides is 3. The highest BCUT2D eigenvalue weighted by atomic mass is 19.4. The van der Waals surface area contributed by atoms with Crippen LogP contribution in [0.1, 0.15) is 18.9 Å². The predicted octanol–water partition coefficient (Wildman–Crippen LogP) is 3.47. The zero-order valence-corrected chi connectivity index (χ0v) is 15.0. The molecule has 2 amide bonds. The predicted molar refractivity (Wildman–Crippen MR) is 94.1 cm³/mol. The molecule has 1 saturated heterocycles. The van der Waals surface area contributed by atoms with Gasteiger partial charge in [0.05, 0.1) is 22.9 Å². The maximum atomic E-state index is 13.1. The van der Waals surface area contributed by atoms with E-state index < -0.39 is 29.7 Å². The van der Waals surface area contributed by atoms with Gasteiger partial charge in [0.1, 0.15) is 0 Å². The van der Waals surface area contributed by atoms with Gasteiger partial charge in [0.2, 0.25) is 0 Å². The first-order valence-electron chi connectivity index (χ1n) is 8.65. The van der Waals surface area contributed by atoms with Gasteiger partial charge in [-0.15, -0.1) is 0 Å². The molecule has 1 aliphatic rings. The number of urea groups is 1. The topological polar surface area (TPSA) is 87.5 Å². The van der Waals surface area contributed by atoms with Gasteiger partial charge in [-0.3, -0.25) is 4.79 Å². The average molecular weight is 396 g/mol. The number of carbonyl (C=O) groups excluding carboxylic acids is 1. The van der Waals surface area contributed by atoms with E-state index in [1.807, 2.05) is 6.92 Å². The molecule has 7 nitrogen and oxygen atoms in total. The lowest BCUT2D eigenvalue weighted by atomic mass is 9.91. The van der Waals surface area contributed by atoms with Crippen LogP contribution in [0, 0.1) is 11.8 Å². The molecular weight excluding hydrogens is 377 g/mol. The van der Waals surface area contributed by atoms with Crippen LogP contribution in [0.2, 0.25) is 0 Å². The molecule has 0 spiro atoms. The maximum absolute atomic E-state index is 13.1. The molecule has 150 valence electrons. The van der Waals surface area contributed by atoms with E-state index in [0.717, 1.165) is 12.1 Å². The molecule has 2 unspecified atom stereocenters. The van der Waals surface area contributed by atoms with Crippen LogP contribution in [0.25, 0.3) is 5.69 Å². The second-order valence-corrected chi connectivity index (χ2v) is 6.89. The summed E-state index contributed by atoms with van der Waals surface area (Å²) < 4.78 is 40.7. The molecule has 0 saturated carbocycles. The van der Waals surface area contributed by atoms with Gasteiger partial charge in [0, 0.05) is 25.5 Å². The van der Waals surface area contributed by atoms with Crippen LogP contribution in [0.3, 0.4) is 0 Å². The van der Waals surface area contributed by atoms with Crippen molar-refractivity contribution in [3.05, 3.63) is 42.2 Å². The maximum Gasteiger partial charge on any atom is 0.416 e. The smallest absolute Gasteiger partial charge is 0.416 e. The number of aromatic nitrogens is 2. The number of carboxylic acid groups (broad SMARTS) is 1. The summed E-state index contributed by atoms with van der Waals surface area (Å²) >= 11 is 0. The number of nitrogens with one attached hydrogen (secondary N) is 1. The van der Waals surface area contributed by atoms with E-state index in [1.165, 1.54) is 21.8 Å². The summed E-state index contributed by atoms with van der Waals surface area (Å²) in [5.41, 5.74) is -0.700. The van der Waals surface area contributed by atoms with Gasteiger partial charge in [-0.2, -0.15) is 18.3 Å². The summed E-state index contributed by atoms with van der Waals surface area (Å²) in [6, 6.07) is 3.94. The number of rotatable bonds is 3. The Morgan fingerprint density at radius 1 is 1.29 bits per heavy atom. The number of aliphatic carboxylic acids is 1. The fraction of sp³-hybridized carbons (Fsp3) is 0.389.